The molecule has 338 valence electrons. The molecule has 0 amide bonds. The Kier molecular flexibility index (Phi) is 46.6. The normalized spacial score (nSPS) is 13.3. The van der Waals surface area contributed by atoms with Gasteiger partial charge in [-0.15, -0.1) is 0 Å². The minimum Gasteiger partial charge on any atom is -0.462 e. The number of carbonyl (C=O) groups is 2. The molecule has 0 fully saturated rings. The molecule has 0 spiro atoms. The highest BCUT2D eigenvalue weighted by Crippen LogP contribution is 2.12. The summed E-state index contributed by atoms with van der Waals surface area (Å²) in [5, 5.41) is 0. The molecule has 1 atom stereocenters. The number of ether oxygens (including phenoxy) is 3. The van der Waals surface area contributed by atoms with E-state index in [1.54, 1.807) is 0 Å². The van der Waals surface area contributed by atoms with Gasteiger partial charge in [0, 0.05) is 19.4 Å². The highest BCUT2D eigenvalue weighted by molar-refractivity contribution is 5.70. The van der Waals surface area contributed by atoms with Crippen LogP contribution < -0.4 is 0 Å². The molecule has 5 heteroatoms. The lowest BCUT2D eigenvalue weighted by atomic mass is 10.1. The van der Waals surface area contributed by atoms with Gasteiger partial charge in [-0.3, -0.25) is 9.59 Å². The van der Waals surface area contributed by atoms with Gasteiger partial charge in [-0.25, -0.2) is 0 Å². The van der Waals surface area contributed by atoms with Gasteiger partial charge in [-0.2, -0.15) is 0 Å². The van der Waals surface area contributed by atoms with Crippen LogP contribution in [0.3, 0.4) is 0 Å². The van der Waals surface area contributed by atoms with E-state index in [1.807, 2.05) is 12.2 Å². The lowest BCUT2D eigenvalue weighted by Crippen LogP contribution is -2.30. The van der Waals surface area contributed by atoms with Crippen molar-refractivity contribution in [3.05, 3.63) is 122 Å². The molecule has 0 aromatic rings. The summed E-state index contributed by atoms with van der Waals surface area (Å²) in [6.45, 7) is 7.42. The minimum atomic E-state index is -0.609. The van der Waals surface area contributed by atoms with Crippen LogP contribution in [-0.2, 0) is 23.8 Å². The third-order valence-electron chi connectivity index (χ3n) is 9.52. The summed E-state index contributed by atoms with van der Waals surface area (Å²) in [7, 11) is 0. The van der Waals surface area contributed by atoms with Gasteiger partial charge in [0.25, 0.3) is 0 Å². The highest BCUT2D eigenvalue weighted by atomic mass is 16.6. The Bertz CT molecular complexity index is 1260. The van der Waals surface area contributed by atoms with E-state index in [4.69, 9.17) is 14.2 Å². The van der Waals surface area contributed by atoms with Crippen LogP contribution in [0.1, 0.15) is 188 Å². The predicted molar refractivity (Wildman–Crippen MR) is 260 cm³/mol. The van der Waals surface area contributed by atoms with Crippen molar-refractivity contribution in [3.63, 3.8) is 0 Å². The zero-order valence-corrected chi connectivity index (χ0v) is 38.7. The number of hydrogen-bond acceptors (Lipinski definition) is 5. The molecule has 5 nitrogen and oxygen atoms in total. The maximum Gasteiger partial charge on any atom is 0.306 e. The molecule has 0 aromatic carbocycles. The van der Waals surface area contributed by atoms with Crippen LogP contribution in [0.2, 0.25) is 0 Å². The first-order valence-electron chi connectivity index (χ1n) is 24.1. The SMILES string of the molecule is CC/C=C\C/C=C\C/C=C\C/C=C\C/C=C\C/C=C\CCC(=O)OCC(COCCCCCCCCCCCCCC)OC(=O)CC/C=C\C/C=C\C/C=C\C/C=C\CC. The quantitative estimate of drug-likeness (QED) is 0.0348. The monoisotopic (exact) mass is 829 g/mol. The van der Waals surface area contributed by atoms with Crippen LogP contribution >= 0.6 is 0 Å². The summed E-state index contributed by atoms with van der Waals surface area (Å²) >= 11 is 0. The van der Waals surface area contributed by atoms with Gasteiger partial charge in [-0.05, 0) is 83.5 Å². The van der Waals surface area contributed by atoms with E-state index in [0.717, 1.165) is 77.0 Å². The van der Waals surface area contributed by atoms with Crippen LogP contribution in [-0.4, -0.2) is 37.9 Å². The summed E-state index contributed by atoms with van der Waals surface area (Å²) in [4.78, 5) is 25.2. The van der Waals surface area contributed by atoms with Crippen molar-refractivity contribution in [2.45, 2.75) is 194 Å². The minimum absolute atomic E-state index is 0.0107. The van der Waals surface area contributed by atoms with Crippen LogP contribution in [0.5, 0.6) is 0 Å². The van der Waals surface area contributed by atoms with Gasteiger partial charge in [0.1, 0.15) is 6.61 Å². The largest absolute Gasteiger partial charge is 0.462 e. The number of allylic oxidation sites excluding steroid dienone is 20. The molecule has 0 aliphatic carbocycles. The molecule has 0 aliphatic heterocycles. The van der Waals surface area contributed by atoms with E-state index < -0.39 is 6.10 Å². The standard InChI is InChI=1S/C55H88O5/c1-4-7-10-13-16-19-22-25-26-27-28-29-30-32-33-36-39-42-45-48-54(56)59-52-53(51-58-50-47-44-41-38-35-24-21-18-15-12-9-6-3)60-55(57)49-46-43-40-37-34-31-23-20-17-14-11-8-5-2/h7-8,10-11,16-17,19-20,25-26,28-29,31-34,39-40,42-43,53H,4-6,9,12-15,18,21-24,27,30,35-38,41,44-52H2,1-3H3/b10-7-,11-8-,19-16-,20-17-,26-25-,29-28-,33-32-,34-31-,42-39-,43-40-. The molecular weight excluding hydrogens is 741 g/mol. The average molecular weight is 829 g/mol. The van der Waals surface area contributed by atoms with Crippen molar-refractivity contribution < 1.29 is 23.8 Å². The highest BCUT2D eigenvalue weighted by Gasteiger charge is 2.17. The summed E-state index contributed by atoms with van der Waals surface area (Å²) in [5.74, 6) is -0.596. The van der Waals surface area contributed by atoms with Crippen molar-refractivity contribution in [1.29, 1.82) is 0 Å². The van der Waals surface area contributed by atoms with Gasteiger partial charge < -0.3 is 14.2 Å². The van der Waals surface area contributed by atoms with Gasteiger partial charge >= 0.3 is 11.9 Å². The molecular formula is C55H88O5. The smallest absolute Gasteiger partial charge is 0.306 e. The molecule has 0 saturated carbocycles. The fraction of sp³-hybridized carbons (Fsp3) is 0.600. The molecule has 1 unspecified atom stereocenters. The zero-order chi connectivity index (χ0) is 43.5. The van der Waals surface area contributed by atoms with Crippen molar-refractivity contribution in [3.8, 4) is 0 Å². The molecule has 0 aromatic heterocycles. The molecule has 0 heterocycles. The number of hydrogen-bond donors (Lipinski definition) is 0. The molecule has 0 saturated heterocycles. The average Bonchev–Trinajstić information content (AvgIpc) is 3.25. The Balaban J connectivity index is 4.48. The Labute approximate surface area is 369 Å². The molecule has 60 heavy (non-hydrogen) atoms. The van der Waals surface area contributed by atoms with E-state index in [1.165, 1.54) is 64.2 Å². The van der Waals surface area contributed by atoms with Gasteiger partial charge in [-0.1, -0.05) is 213 Å². The molecule has 0 N–H and O–H groups in total. The van der Waals surface area contributed by atoms with Gasteiger partial charge in [0.05, 0.1) is 6.61 Å². The Hall–Kier alpha value is -3.70. The Morgan fingerprint density at radius 2 is 0.717 bits per heavy atom. The summed E-state index contributed by atoms with van der Waals surface area (Å²) in [6, 6.07) is 0. The van der Waals surface area contributed by atoms with Crippen molar-refractivity contribution >= 4 is 11.9 Å². The Morgan fingerprint density at radius 1 is 0.383 bits per heavy atom. The summed E-state index contributed by atoms with van der Waals surface area (Å²) < 4.78 is 17.2. The van der Waals surface area contributed by atoms with Crippen LogP contribution in [0.25, 0.3) is 0 Å². The van der Waals surface area contributed by atoms with Crippen LogP contribution in [0.15, 0.2) is 122 Å². The van der Waals surface area contributed by atoms with Crippen molar-refractivity contribution in [2.75, 3.05) is 19.8 Å². The third-order valence-corrected chi connectivity index (χ3v) is 9.52. The zero-order valence-electron chi connectivity index (χ0n) is 38.7. The lowest BCUT2D eigenvalue weighted by molar-refractivity contribution is -0.162. The number of carbonyl (C=O) groups excluding carboxylic acids is 2. The van der Waals surface area contributed by atoms with E-state index >= 15 is 0 Å². The fourth-order valence-corrected chi connectivity index (χ4v) is 6.02. The second-order valence-corrected chi connectivity index (χ2v) is 15.3. The van der Waals surface area contributed by atoms with Crippen molar-refractivity contribution in [2.24, 2.45) is 0 Å². The predicted octanol–water partition coefficient (Wildman–Crippen LogP) is 16.2. The van der Waals surface area contributed by atoms with E-state index in [2.05, 4.69) is 130 Å². The second kappa shape index (κ2) is 49.7. The molecule has 0 bridgehead atoms. The maximum atomic E-state index is 12.7. The molecule has 0 radical (unpaired) electrons. The molecule has 0 rings (SSSR count). The third kappa shape index (κ3) is 47.0. The second-order valence-electron chi connectivity index (χ2n) is 15.3. The van der Waals surface area contributed by atoms with Crippen molar-refractivity contribution in [1.82, 2.24) is 0 Å². The van der Waals surface area contributed by atoms with Crippen LogP contribution in [0.4, 0.5) is 0 Å². The lowest BCUT2D eigenvalue weighted by Gasteiger charge is -2.18. The van der Waals surface area contributed by atoms with E-state index in [0.29, 0.717) is 19.4 Å². The fourth-order valence-electron chi connectivity index (χ4n) is 6.02. The number of esters is 2. The van der Waals surface area contributed by atoms with Gasteiger partial charge in [0.2, 0.25) is 0 Å². The number of rotatable bonds is 42. The van der Waals surface area contributed by atoms with Crippen LogP contribution in [0, 0.1) is 0 Å². The first-order valence-corrected chi connectivity index (χ1v) is 24.1. The number of unbranched alkanes of at least 4 members (excludes halogenated alkanes) is 11. The van der Waals surface area contributed by atoms with Gasteiger partial charge in [0.15, 0.2) is 6.10 Å². The topological polar surface area (TPSA) is 61.8 Å². The molecule has 0 aliphatic rings. The first-order chi connectivity index (χ1) is 29.6. The Morgan fingerprint density at radius 3 is 1.10 bits per heavy atom. The summed E-state index contributed by atoms with van der Waals surface area (Å²) in [5.41, 5.74) is 0. The van der Waals surface area contributed by atoms with E-state index in [-0.39, 0.29) is 38.0 Å². The van der Waals surface area contributed by atoms with E-state index in [9.17, 15) is 9.59 Å². The maximum absolute atomic E-state index is 12.7. The summed E-state index contributed by atoms with van der Waals surface area (Å²) in [6.07, 6.45) is 69.4. The first kappa shape index (κ1) is 56.3.